The van der Waals surface area contributed by atoms with E-state index in [1.165, 1.54) is 6.07 Å². The molecule has 0 fully saturated rings. The molecular formula is C13H23N3O2. The molecule has 18 heavy (non-hydrogen) atoms. The minimum absolute atomic E-state index is 0.127. The Morgan fingerprint density at radius 1 is 1.44 bits per heavy atom. The first-order valence-electron chi connectivity index (χ1n) is 6.50. The van der Waals surface area contributed by atoms with Gasteiger partial charge in [0.05, 0.1) is 5.69 Å². The Balaban J connectivity index is 2.98. The van der Waals surface area contributed by atoms with E-state index in [1.807, 2.05) is 13.8 Å². The van der Waals surface area contributed by atoms with Crippen molar-refractivity contribution >= 4 is 0 Å². The van der Waals surface area contributed by atoms with Crippen LogP contribution in [0.4, 0.5) is 0 Å². The highest BCUT2D eigenvalue weighted by Crippen LogP contribution is 2.21. The van der Waals surface area contributed by atoms with Gasteiger partial charge in [0.1, 0.15) is 11.9 Å². The van der Waals surface area contributed by atoms with Crippen molar-refractivity contribution < 1.29 is 4.74 Å². The van der Waals surface area contributed by atoms with Crippen molar-refractivity contribution in [3.63, 3.8) is 0 Å². The fourth-order valence-electron chi connectivity index (χ4n) is 1.77. The third kappa shape index (κ3) is 4.23. The second-order valence-electron chi connectivity index (χ2n) is 4.52. The van der Waals surface area contributed by atoms with Crippen molar-refractivity contribution in [2.24, 2.45) is 5.92 Å². The van der Waals surface area contributed by atoms with E-state index >= 15 is 0 Å². The Morgan fingerprint density at radius 3 is 2.72 bits per heavy atom. The summed E-state index contributed by atoms with van der Waals surface area (Å²) in [4.78, 5) is 18.9. The molecule has 5 nitrogen and oxygen atoms in total. The molecule has 0 aliphatic carbocycles. The number of nitrogens with one attached hydrogen (secondary N) is 2. The van der Waals surface area contributed by atoms with Gasteiger partial charge < -0.3 is 15.0 Å². The summed E-state index contributed by atoms with van der Waals surface area (Å²) in [5, 5.41) is 3.16. The molecular weight excluding hydrogens is 230 g/mol. The fraction of sp³-hybridized carbons (Fsp3) is 0.692. The largest absolute Gasteiger partial charge is 0.370 e. The van der Waals surface area contributed by atoms with Crippen LogP contribution < -0.4 is 10.9 Å². The normalized spacial score (nSPS) is 12.9. The lowest BCUT2D eigenvalue weighted by atomic mass is 10.1. The molecule has 1 unspecified atom stereocenters. The quantitative estimate of drug-likeness (QED) is 0.775. The van der Waals surface area contributed by atoms with Gasteiger partial charge in [0, 0.05) is 19.2 Å². The van der Waals surface area contributed by atoms with Crippen molar-refractivity contribution in [2.45, 2.75) is 40.3 Å². The van der Waals surface area contributed by atoms with Crippen LogP contribution in [0.25, 0.3) is 0 Å². The van der Waals surface area contributed by atoms with Gasteiger partial charge in [-0.25, -0.2) is 4.98 Å². The molecule has 1 aromatic heterocycles. The fourth-order valence-corrected chi connectivity index (χ4v) is 1.77. The Bertz CT molecular complexity index is 415. The first-order chi connectivity index (χ1) is 8.58. The predicted octanol–water partition coefficient (Wildman–Crippen LogP) is 1.61. The highest BCUT2D eigenvalue weighted by Gasteiger charge is 2.19. The number of nitrogens with zero attached hydrogens (tertiary/aromatic N) is 1. The van der Waals surface area contributed by atoms with Crippen molar-refractivity contribution in [1.82, 2.24) is 15.3 Å². The predicted molar refractivity (Wildman–Crippen MR) is 71.4 cm³/mol. The van der Waals surface area contributed by atoms with Gasteiger partial charge in [0.15, 0.2) is 0 Å². The SMILES string of the molecule is CCNCc1cc(=O)[nH]c(C(OCC)C(C)C)n1. The maximum atomic E-state index is 11.6. The zero-order valence-electron chi connectivity index (χ0n) is 11.6. The lowest BCUT2D eigenvalue weighted by Gasteiger charge is -2.20. The first kappa shape index (κ1) is 14.9. The molecule has 5 heteroatoms. The third-order valence-electron chi connectivity index (χ3n) is 2.59. The van der Waals surface area contributed by atoms with Crippen LogP contribution in [0.1, 0.15) is 45.3 Å². The van der Waals surface area contributed by atoms with Gasteiger partial charge in [-0.3, -0.25) is 4.79 Å². The molecule has 2 N–H and O–H groups in total. The third-order valence-corrected chi connectivity index (χ3v) is 2.59. The van der Waals surface area contributed by atoms with Crippen molar-refractivity contribution in [1.29, 1.82) is 0 Å². The molecule has 0 aromatic carbocycles. The minimum atomic E-state index is -0.163. The maximum Gasteiger partial charge on any atom is 0.251 e. The van der Waals surface area contributed by atoms with Crippen LogP contribution in [0, 0.1) is 5.92 Å². The zero-order chi connectivity index (χ0) is 13.5. The second-order valence-corrected chi connectivity index (χ2v) is 4.52. The van der Waals surface area contributed by atoms with Crippen molar-refractivity contribution in [3.8, 4) is 0 Å². The molecule has 1 rings (SSSR count). The van der Waals surface area contributed by atoms with E-state index < -0.39 is 0 Å². The van der Waals surface area contributed by atoms with Gasteiger partial charge in [-0.1, -0.05) is 20.8 Å². The first-order valence-corrected chi connectivity index (χ1v) is 6.50. The van der Waals surface area contributed by atoms with Crippen LogP contribution in [-0.2, 0) is 11.3 Å². The standard InChI is InChI=1S/C13H23N3O2/c1-5-14-8-10-7-11(17)16-13(15-10)12(9(3)4)18-6-2/h7,9,12,14H,5-6,8H2,1-4H3,(H,15,16,17). The monoisotopic (exact) mass is 253 g/mol. The summed E-state index contributed by atoms with van der Waals surface area (Å²) in [5.74, 6) is 0.884. The summed E-state index contributed by atoms with van der Waals surface area (Å²) < 4.78 is 5.65. The summed E-state index contributed by atoms with van der Waals surface area (Å²) in [7, 11) is 0. The Kier molecular flexibility index (Phi) is 6.01. The van der Waals surface area contributed by atoms with Crippen LogP contribution >= 0.6 is 0 Å². The number of rotatable bonds is 7. The molecule has 0 aliphatic rings. The molecule has 0 saturated heterocycles. The summed E-state index contributed by atoms with van der Waals surface area (Å²) in [6, 6.07) is 1.52. The molecule has 1 aromatic rings. The molecule has 102 valence electrons. The average molecular weight is 253 g/mol. The van der Waals surface area contributed by atoms with Crippen molar-refractivity contribution in [3.05, 3.63) is 27.9 Å². The number of hydrogen-bond donors (Lipinski definition) is 2. The molecule has 0 amide bonds. The molecule has 0 bridgehead atoms. The number of H-pyrrole nitrogens is 1. The van der Waals surface area contributed by atoms with Gasteiger partial charge in [-0.2, -0.15) is 0 Å². The van der Waals surface area contributed by atoms with Gasteiger partial charge in [0.2, 0.25) is 0 Å². The lowest BCUT2D eigenvalue weighted by Crippen LogP contribution is -2.23. The van der Waals surface area contributed by atoms with Crippen LogP contribution in [0.3, 0.4) is 0 Å². The van der Waals surface area contributed by atoms with Crippen LogP contribution in [0.15, 0.2) is 10.9 Å². The van der Waals surface area contributed by atoms with E-state index in [4.69, 9.17) is 4.74 Å². The van der Waals surface area contributed by atoms with E-state index in [0.717, 1.165) is 12.2 Å². The Morgan fingerprint density at radius 2 is 2.17 bits per heavy atom. The lowest BCUT2D eigenvalue weighted by molar-refractivity contribution is 0.0228. The summed E-state index contributed by atoms with van der Waals surface area (Å²) in [6.07, 6.45) is -0.163. The number of hydrogen-bond acceptors (Lipinski definition) is 4. The van der Waals surface area contributed by atoms with E-state index in [9.17, 15) is 4.79 Å². The molecule has 0 saturated carbocycles. The van der Waals surface area contributed by atoms with E-state index in [1.54, 1.807) is 0 Å². The van der Waals surface area contributed by atoms with E-state index in [2.05, 4.69) is 29.1 Å². The van der Waals surface area contributed by atoms with Gasteiger partial charge in [-0.15, -0.1) is 0 Å². The van der Waals surface area contributed by atoms with Crippen molar-refractivity contribution in [2.75, 3.05) is 13.2 Å². The van der Waals surface area contributed by atoms with Crippen LogP contribution in [0.5, 0.6) is 0 Å². The minimum Gasteiger partial charge on any atom is -0.370 e. The molecule has 0 spiro atoms. The van der Waals surface area contributed by atoms with E-state index in [0.29, 0.717) is 19.0 Å². The molecule has 1 atom stereocenters. The highest BCUT2D eigenvalue weighted by molar-refractivity contribution is 5.05. The summed E-state index contributed by atoms with van der Waals surface area (Å²) in [6.45, 7) is 10.1. The Labute approximate surface area is 108 Å². The number of aromatic nitrogens is 2. The summed E-state index contributed by atoms with van der Waals surface area (Å²) >= 11 is 0. The van der Waals surface area contributed by atoms with E-state index in [-0.39, 0.29) is 17.6 Å². The average Bonchev–Trinajstić information content (AvgIpc) is 2.32. The summed E-state index contributed by atoms with van der Waals surface area (Å²) in [5.41, 5.74) is 0.624. The smallest absolute Gasteiger partial charge is 0.251 e. The number of aromatic amines is 1. The van der Waals surface area contributed by atoms with Gasteiger partial charge in [0.25, 0.3) is 5.56 Å². The van der Waals surface area contributed by atoms with Crippen LogP contribution in [-0.4, -0.2) is 23.1 Å². The second kappa shape index (κ2) is 7.28. The topological polar surface area (TPSA) is 67.0 Å². The van der Waals surface area contributed by atoms with Gasteiger partial charge in [-0.05, 0) is 19.4 Å². The highest BCUT2D eigenvalue weighted by atomic mass is 16.5. The molecule has 0 aliphatic heterocycles. The zero-order valence-corrected chi connectivity index (χ0v) is 11.6. The Hall–Kier alpha value is -1.20. The van der Waals surface area contributed by atoms with Crippen LogP contribution in [0.2, 0.25) is 0 Å². The molecule has 1 heterocycles. The maximum absolute atomic E-state index is 11.6. The van der Waals surface area contributed by atoms with Gasteiger partial charge >= 0.3 is 0 Å². The molecule has 0 radical (unpaired) electrons. The number of ether oxygens (including phenoxy) is 1.